The molecule has 0 unspecified atom stereocenters. The molecule has 0 radical (unpaired) electrons. The Kier molecular flexibility index (Phi) is 5.21. The van der Waals surface area contributed by atoms with Crippen LogP contribution in [0.1, 0.15) is 26.3 Å². The summed E-state index contributed by atoms with van der Waals surface area (Å²) in [5.74, 6) is 0.682. The molecule has 3 aromatic rings. The fraction of sp³-hybridized carbons (Fsp3) is 0.350. The minimum atomic E-state index is -0.118. The number of amides is 1. The molecule has 1 heterocycles. The maximum atomic E-state index is 12.1. The van der Waals surface area contributed by atoms with E-state index in [9.17, 15) is 4.79 Å². The zero-order valence-electron chi connectivity index (χ0n) is 15.4. The summed E-state index contributed by atoms with van der Waals surface area (Å²) < 4.78 is 7.27. The van der Waals surface area contributed by atoms with E-state index in [0.29, 0.717) is 13.2 Å². The van der Waals surface area contributed by atoms with Crippen LogP contribution < -0.4 is 10.1 Å². The molecule has 0 saturated heterocycles. The Hall–Kier alpha value is -2.89. The smallest absolute Gasteiger partial charge is 0.241 e. The number of rotatable bonds is 6. The van der Waals surface area contributed by atoms with Gasteiger partial charge in [-0.15, -0.1) is 5.10 Å². The van der Waals surface area contributed by atoms with Gasteiger partial charge in [0.15, 0.2) is 0 Å². The van der Waals surface area contributed by atoms with Crippen LogP contribution in [0.3, 0.4) is 0 Å². The Balaban J connectivity index is 1.44. The summed E-state index contributed by atoms with van der Waals surface area (Å²) in [5, 5.41) is 10.9. The Morgan fingerprint density at radius 2 is 1.85 bits per heavy atom. The van der Waals surface area contributed by atoms with Gasteiger partial charge in [0.1, 0.15) is 24.4 Å². The molecule has 0 aliphatic rings. The quantitative estimate of drug-likeness (QED) is 0.693. The predicted octanol–water partition coefficient (Wildman–Crippen LogP) is 2.92. The molecule has 0 atom stereocenters. The average molecular weight is 352 g/mol. The highest BCUT2D eigenvalue weighted by Gasteiger charge is 2.13. The van der Waals surface area contributed by atoms with Crippen LogP contribution >= 0.6 is 0 Å². The number of hydrogen-bond acceptors (Lipinski definition) is 4. The first-order valence-corrected chi connectivity index (χ1v) is 8.72. The number of carbonyl (C=O) groups excluding carboxylic acids is 1. The van der Waals surface area contributed by atoms with Gasteiger partial charge in [-0.25, -0.2) is 4.68 Å². The van der Waals surface area contributed by atoms with Crippen LogP contribution in [0.25, 0.3) is 11.0 Å². The minimum absolute atomic E-state index is 0.118. The SMILES string of the molecule is CC(C)(C)c1ccc(OCCNC(=O)Cn2nnc3ccccc32)cc1. The van der Waals surface area contributed by atoms with Crippen LogP contribution in [0.15, 0.2) is 48.5 Å². The van der Waals surface area contributed by atoms with Gasteiger partial charge in [-0.2, -0.15) is 0 Å². The number of fused-ring (bicyclic) bond motifs is 1. The first-order chi connectivity index (χ1) is 12.4. The van der Waals surface area contributed by atoms with Crippen molar-refractivity contribution in [2.24, 2.45) is 0 Å². The second-order valence-corrected chi connectivity index (χ2v) is 7.21. The lowest BCUT2D eigenvalue weighted by atomic mass is 9.87. The molecule has 1 aromatic heterocycles. The van der Waals surface area contributed by atoms with Crippen molar-refractivity contribution in [3.63, 3.8) is 0 Å². The van der Waals surface area contributed by atoms with E-state index in [1.54, 1.807) is 4.68 Å². The minimum Gasteiger partial charge on any atom is -0.492 e. The standard InChI is InChI=1S/C20H24N4O2/c1-20(2,3)15-8-10-16(11-9-15)26-13-12-21-19(25)14-24-18-7-5-4-6-17(18)22-23-24/h4-11H,12-14H2,1-3H3,(H,21,25). The van der Waals surface area contributed by atoms with Crippen LogP contribution in [-0.4, -0.2) is 34.1 Å². The van der Waals surface area contributed by atoms with E-state index in [4.69, 9.17) is 4.74 Å². The van der Waals surface area contributed by atoms with Crippen molar-refractivity contribution >= 4 is 16.9 Å². The number of aromatic nitrogens is 3. The number of nitrogens with zero attached hydrogens (tertiary/aromatic N) is 3. The molecule has 3 rings (SSSR count). The van der Waals surface area contributed by atoms with Crippen molar-refractivity contribution in [1.29, 1.82) is 0 Å². The van der Waals surface area contributed by atoms with Gasteiger partial charge >= 0.3 is 0 Å². The molecule has 6 heteroatoms. The predicted molar refractivity (Wildman–Crippen MR) is 101 cm³/mol. The Bertz CT molecular complexity index is 879. The molecule has 0 fully saturated rings. The first kappa shape index (κ1) is 17.9. The summed E-state index contributed by atoms with van der Waals surface area (Å²) in [7, 11) is 0. The van der Waals surface area contributed by atoms with E-state index in [2.05, 4.69) is 48.5 Å². The molecule has 26 heavy (non-hydrogen) atoms. The first-order valence-electron chi connectivity index (χ1n) is 8.72. The zero-order valence-corrected chi connectivity index (χ0v) is 15.4. The van der Waals surface area contributed by atoms with E-state index >= 15 is 0 Å². The highest BCUT2D eigenvalue weighted by molar-refractivity contribution is 5.79. The van der Waals surface area contributed by atoms with Gasteiger partial charge in [-0.1, -0.05) is 50.3 Å². The Morgan fingerprint density at radius 1 is 1.12 bits per heavy atom. The average Bonchev–Trinajstić information content (AvgIpc) is 3.01. The third-order valence-corrected chi connectivity index (χ3v) is 4.13. The van der Waals surface area contributed by atoms with Crippen LogP contribution in [-0.2, 0) is 16.8 Å². The highest BCUT2D eigenvalue weighted by atomic mass is 16.5. The summed E-state index contributed by atoms with van der Waals surface area (Å²) in [4.78, 5) is 12.1. The molecular formula is C20H24N4O2. The van der Waals surface area contributed by atoms with E-state index in [-0.39, 0.29) is 17.9 Å². The Labute approximate surface area is 153 Å². The largest absolute Gasteiger partial charge is 0.492 e. The second kappa shape index (κ2) is 7.56. The summed E-state index contributed by atoms with van der Waals surface area (Å²) in [5.41, 5.74) is 3.01. The summed E-state index contributed by atoms with van der Waals surface area (Å²) in [6, 6.07) is 15.6. The summed E-state index contributed by atoms with van der Waals surface area (Å²) in [6.45, 7) is 7.52. The monoisotopic (exact) mass is 352 g/mol. The van der Waals surface area contributed by atoms with Crippen molar-refractivity contribution < 1.29 is 9.53 Å². The summed E-state index contributed by atoms with van der Waals surface area (Å²) in [6.07, 6.45) is 0. The van der Waals surface area contributed by atoms with Gasteiger partial charge in [0.2, 0.25) is 5.91 Å². The molecule has 1 N–H and O–H groups in total. The van der Waals surface area contributed by atoms with Crippen LogP contribution in [0.2, 0.25) is 0 Å². The number of nitrogens with one attached hydrogen (secondary N) is 1. The summed E-state index contributed by atoms with van der Waals surface area (Å²) >= 11 is 0. The lowest BCUT2D eigenvalue weighted by Crippen LogP contribution is -2.31. The molecule has 0 aliphatic carbocycles. The van der Waals surface area contributed by atoms with Gasteiger partial charge < -0.3 is 10.1 Å². The van der Waals surface area contributed by atoms with E-state index < -0.39 is 0 Å². The topological polar surface area (TPSA) is 69.0 Å². The van der Waals surface area contributed by atoms with Gasteiger partial charge in [0.05, 0.1) is 12.1 Å². The molecule has 0 bridgehead atoms. The van der Waals surface area contributed by atoms with E-state index in [0.717, 1.165) is 16.8 Å². The van der Waals surface area contributed by atoms with Crippen molar-refractivity contribution in [2.75, 3.05) is 13.2 Å². The van der Waals surface area contributed by atoms with Gasteiger partial charge in [-0.3, -0.25) is 4.79 Å². The van der Waals surface area contributed by atoms with Crippen molar-refractivity contribution in [2.45, 2.75) is 32.7 Å². The van der Waals surface area contributed by atoms with Gasteiger partial charge in [0, 0.05) is 0 Å². The lowest BCUT2D eigenvalue weighted by molar-refractivity contribution is -0.121. The molecule has 136 valence electrons. The third kappa shape index (κ3) is 4.39. The maximum absolute atomic E-state index is 12.1. The van der Waals surface area contributed by atoms with Crippen LogP contribution in [0.5, 0.6) is 5.75 Å². The molecule has 2 aromatic carbocycles. The van der Waals surface area contributed by atoms with E-state index in [1.165, 1.54) is 5.56 Å². The number of ether oxygens (including phenoxy) is 1. The van der Waals surface area contributed by atoms with Crippen molar-refractivity contribution in [1.82, 2.24) is 20.3 Å². The number of benzene rings is 2. The molecule has 0 saturated carbocycles. The fourth-order valence-electron chi connectivity index (χ4n) is 2.64. The molecular weight excluding hydrogens is 328 g/mol. The molecule has 6 nitrogen and oxygen atoms in total. The zero-order chi connectivity index (χ0) is 18.6. The van der Waals surface area contributed by atoms with Crippen molar-refractivity contribution in [3.8, 4) is 5.75 Å². The third-order valence-electron chi connectivity index (χ3n) is 4.13. The Morgan fingerprint density at radius 3 is 2.58 bits per heavy atom. The lowest BCUT2D eigenvalue weighted by Gasteiger charge is -2.19. The normalized spacial score (nSPS) is 11.5. The molecule has 0 aliphatic heterocycles. The number of carbonyl (C=O) groups is 1. The molecule has 0 spiro atoms. The highest BCUT2D eigenvalue weighted by Crippen LogP contribution is 2.24. The number of para-hydroxylation sites is 1. The number of hydrogen-bond donors (Lipinski definition) is 1. The van der Waals surface area contributed by atoms with E-state index in [1.807, 2.05) is 36.4 Å². The second-order valence-electron chi connectivity index (χ2n) is 7.21. The fourth-order valence-corrected chi connectivity index (χ4v) is 2.64. The van der Waals surface area contributed by atoms with Crippen molar-refractivity contribution in [3.05, 3.63) is 54.1 Å². The maximum Gasteiger partial charge on any atom is 0.241 e. The van der Waals surface area contributed by atoms with Gasteiger partial charge in [0.25, 0.3) is 0 Å². The van der Waals surface area contributed by atoms with Gasteiger partial charge in [-0.05, 0) is 35.2 Å². The van der Waals surface area contributed by atoms with Crippen LogP contribution in [0.4, 0.5) is 0 Å². The van der Waals surface area contributed by atoms with Crippen LogP contribution in [0, 0.1) is 0 Å². The molecule has 1 amide bonds.